The summed E-state index contributed by atoms with van der Waals surface area (Å²) in [5.41, 5.74) is 4.02. The smallest absolute Gasteiger partial charge is 0.180 e. The molecule has 0 saturated heterocycles. The number of halogens is 5. The normalized spacial score (nSPS) is 13.0. The molecule has 0 saturated carbocycles. The van der Waals surface area contributed by atoms with Crippen LogP contribution in [0.2, 0.25) is 5.02 Å². The molecule has 1 aromatic rings. The Morgan fingerprint density at radius 3 is 1.80 bits per heavy atom. The highest BCUT2D eigenvalue weighted by molar-refractivity contribution is 6.30. The average molecular weight is 244 g/mol. The summed E-state index contributed by atoms with van der Waals surface area (Å²) in [5, 5.41) is 7.27. The maximum absolute atomic E-state index is 13.1. The van der Waals surface area contributed by atoms with E-state index in [9.17, 15) is 17.6 Å². The Balaban J connectivity index is 3.52. The van der Waals surface area contributed by atoms with Crippen LogP contribution in [0, 0.1) is 23.3 Å². The predicted octanol–water partition coefficient (Wildman–Crippen LogP) is 1.89. The van der Waals surface area contributed by atoms with Gasteiger partial charge in [-0.3, -0.25) is 0 Å². The van der Waals surface area contributed by atoms with Crippen molar-refractivity contribution in [1.82, 2.24) is 0 Å². The minimum Gasteiger partial charge on any atom is -0.394 e. The van der Waals surface area contributed by atoms with Crippen molar-refractivity contribution in [2.24, 2.45) is 5.73 Å². The van der Waals surface area contributed by atoms with Crippen molar-refractivity contribution in [1.29, 1.82) is 0 Å². The predicted molar refractivity (Wildman–Crippen MR) is 45.3 cm³/mol. The minimum absolute atomic E-state index is 0.853. The highest BCUT2D eigenvalue weighted by Gasteiger charge is 2.27. The third-order valence-electron chi connectivity index (χ3n) is 1.81. The molecule has 15 heavy (non-hydrogen) atoms. The van der Waals surface area contributed by atoms with Crippen molar-refractivity contribution in [3.63, 3.8) is 0 Å². The lowest BCUT2D eigenvalue weighted by atomic mass is 10.1. The minimum atomic E-state index is -1.73. The molecule has 1 rings (SSSR count). The molecule has 2 nitrogen and oxygen atoms in total. The number of benzene rings is 1. The lowest BCUT2D eigenvalue weighted by Crippen LogP contribution is -2.20. The summed E-state index contributed by atoms with van der Waals surface area (Å²) in [7, 11) is 0. The zero-order valence-corrected chi connectivity index (χ0v) is 7.95. The highest BCUT2D eigenvalue weighted by Crippen LogP contribution is 2.30. The van der Waals surface area contributed by atoms with Crippen LogP contribution in [0.15, 0.2) is 0 Å². The number of hydrogen-bond donors (Lipinski definition) is 2. The molecule has 1 unspecified atom stereocenters. The Morgan fingerprint density at radius 1 is 1.07 bits per heavy atom. The van der Waals surface area contributed by atoms with E-state index in [-0.39, 0.29) is 0 Å². The highest BCUT2D eigenvalue weighted by atomic mass is 35.5. The molecule has 3 N–H and O–H groups in total. The van der Waals surface area contributed by atoms with E-state index in [4.69, 9.17) is 22.4 Å². The molecule has 0 bridgehead atoms. The summed E-state index contributed by atoms with van der Waals surface area (Å²) in [6.07, 6.45) is 0. The molecular weight excluding hydrogens is 238 g/mol. The van der Waals surface area contributed by atoms with Crippen LogP contribution in [0.1, 0.15) is 11.6 Å². The van der Waals surface area contributed by atoms with E-state index in [0.717, 1.165) is 0 Å². The Morgan fingerprint density at radius 2 is 1.47 bits per heavy atom. The van der Waals surface area contributed by atoms with Crippen LogP contribution in [0.5, 0.6) is 0 Å². The van der Waals surface area contributed by atoms with Gasteiger partial charge in [0.2, 0.25) is 0 Å². The molecule has 0 radical (unpaired) electrons. The lowest BCUT2D eigenvalue weighted by molar-refractivity contribution is 0.259. The molecule has 0 aliphatic rings. The van der Waals surface area contributed by atoms with Crippen molar-refractivity contribution in [3.8, 4) is 0 Å². The van der Waals surface area contributed by atoms with Crippen LogP contribution >= 0.6 is 11.6 Å². The first-order valence-electron chi connectivity index (χ1n) is 3.79. The van der Waals surface area contributed by atoms with Gasteiger partial charge in [0.15, 0.2) is 23.3 Å². The zero-order valence-electron chi connectivity index (χ0n) is 7.20. The number of hydrogen-bond acceptors (Lipinski definition) is 2. The Labute approximate surface area is 87.3 Å². The third kappa shape index (κ3) is 1.92. The molecule has 0 heterocycles. The van der Waals surface area contributed by atoms with Gasteiger partial charge < -0.3 is 10.8 Å². The molecule has 0 aliphatic heterocycles. The second-order valence-electron chi connectivity index (χ2n) is 2.77. The van der Waals surface area contributed by atoms with E-state index in [1.54, 1.807) is 0 Å². The molecule has 0 aromatic heterocycles. The second-order valence-corrected chi connectivity index (χ2v) is 3.15. The van der Waals surface area contributed by atoms with E-state index in [1.807, 2.05) is 0 Å². The fraction of sp³-hybridized carbons (Fsp3) is 0.250. The van der Waals surface area contributed by atoms with Gasteiger partial charge in [-0.2, -0.15) is 0 Å². The standard InChI is InChI=1S/C8H6ClF4NO/c9-4-7(12)5(10)3(2(14)1-15)6(11)8(4)13/h2,15H,1,14H2. The summed E-state index contributed by atoms with van der Waals surface area (Å²) >= 11 is 4.97. The first kappa shape index (κ1) is 12.2. The molecule has 0 fully saturated rings. The van der Waals surface area contributed by atoms with Gasteiger partial charge in [0, 0.05) is 5.56 Å². The third-order valence-corrected chi connectivity index (χ3v) is 2.14. The van der Waals surface area contributed by atoms with Crippen LogP contribution in [-0.4, -0.2) is 11.7 Å². The van der Waals surface area contributed by atoms with Crippen LogP contribution < -0.4 is 5.73 Å². The van der Waals surface area contributed by atoms with Crippen molar-refractivity contribution in [2.45, 2.75) is 6.04 Å². The van der Waals surface area contributed by atoms with Gasteiger partial charge >= 0.3 is 0 Å². The maximum atomic E-state index is 13.1. The molecule has 0 spiro atoms. The van der Waals surface area contributed by atoms with Crippen LogP contribution in [0.4, 0.5) is 17.6 Å². The van der Waals surface area contributed by atoms with Crippen LogP contribution in [0.3, 0.4) is 0 Å². The molecular formula is C8H6ClF4NO. The lowest BCUT2D eigenvalue weighted by Gasteiger charge is -2.12. The maximum Gasteiger partial charge on any atom is 0.180 e. The summed E-state index contributed by atoms with van der Waals surface area (Å²) < 4.78 is 51.9. The van der Waals surface area contributed by atoms with Gasteiger partial charge in [-0.25, -0.2) is 17.6 Å². The van der Waals surface area contributed by atoms with Gasteiger partial charge in [-0.05, 0) is 0 Å². The van der Waals surface area contributed by atoms with Gasteiger partial charge in [-0.1, -0.05) is 11.6 Å². The van der Waals surface area contributed by atoms with Gasteiger partial charge in [0.05, 0.1) is 12.6 Å². The van der Waals surface area contributed by atoms with Crippen molar-refractivity contribution < 1.29 is 22.7 Å². The monoisotopic (exact) mass is 243 g/mol. The Kier molecular flexibility index (Phi) is 3.54. The fourth-order valence-electron chi connectivity index (χ4n) is 1.04. The van der Waals surface area contributed by atoms with Crippen molar-refractivity contribution in [2.75, 3.05) is 6.61 Å². The van der Waals surface area contributed by atoms with E-state index < -0.39 is 46.5 Å². The number of aliphatic hydroxyl groups is 1. The first-order chi connectivity index (χ1) is 6.91. The van der Waals surface area contributed by atoms with E-state index >= 15 is 0 Å². The molecule has 7 heteroatoms. The average Bonchev–Trinajstić information content (AvgIpc) is 2.23. The van der Waals surface area contributed by atoms with Crippen LogP contribution in [-0.2, 0) is 0 Å². The number of aliphatic hydroxyl groups excluding tert-OH is 1. The molecule has 84 valence electrons. The van der Waals surface area contributed by atoms with Gasteiger partial charge in [0.1, 0.15) is 5.02 Å². The largest absolute Gasteiger partial charge is 0.394 e. The van der Waals surface area contributed by atoms with Gasteiger partial charge in [0.25, 0.3) is 0 Å². The number of rotatable bonds is 2. The fourth-order valence-corrected chi connectivity index (χ4v) is 1.20. The SMILES string of the molecule is NC(CO)c1c(F)c(F)c(Cl)c(F)c1F. The molecule has 1 aromatic carbocycles. The van der Waals surface area contributed by atoms with E-state index in [0.29, 0.717) is 0 Å². The molecule has 1 atom stereocenters. The first-order valence-corrected chi connectivity index (χ1v) is 4.17. The Hall–Kier alpha value is -0.850. The molecule has 0 aliphatic carbocycles. The summed E-state index contributed by atoms with van der Waals surface area (Å²) in [6, 6.07) is -1.55. The Bertz CT molecular complexity index is 370. The van der Waals surface area contributed by atoms with Crippen molar-refractivity contribution >= 4 is 11.6 Å². The second kappa shape index (κ2) is 4.34. The quantitative estimate of drug-likeness (QED) is 0.473. The van der Waals surface area contributed by atoms with Crippen molar-refractivity contribution in [3.05, 3.63) is 33.9 Å². The number of nitrogens with two attached hydrogens (primary N) is 1. The van der Waals surface area contributed by atoms with E-state index in [1.165, 1.54) is 0 Å². The summed E-state index contributed by atoms with van der Waals surface area (Å²) in [6.45, 7) is -0.853. The van der Waals surface area contributed by atoms with Gasteiger partial charge in [-0.15, -0.1) is 0 Å². The zero-order chi connectivity index (χ0) is 11.7. The summed E-state index contributed by atoms with van der Waals surface area (Å²) in [5.74, 6) is -6.84. The van der Waals surface area contributed by atoms with Crippen LogP contribution in [0.25, 0.3) is 0 Å². The summed E-state index contributed by atoms with van der Waals surface area (Å²) in [4.78, 5) is 0. The molecule has 0 amide bonds. The van der Waals surface area contributed by atoms with E-state index in [2.05, 4.69) is 0 Å². The topological polar surface area (TPSA) is 46.2 Å².